The molecule has 0 spiro atoms. The van der Waals surface area contributed by atoms with Gasteiger partial charge in [-0.15, -0.1) is 24.0 Å². The standard InChI is InChI=1S/C16H22BrN5O2.HI/c1-4-19-16(20-8-13-5-6-14(24-13)15(18)23)22(3)10-12-7-11(17)9-21(12)2;/h5-7,9H,4,8,10H2,1-3H3,(H2,18,23)(H,19,20);1H. The van der Waals surface area contributed by atoms with E-state index in [4.69, 9.17) is 10.2 Å². The fraction of sp³-hybridized carbons (Fsp3) is 0.375. The van der Waals surface area contributed by atoms with Crippen molar-refractivity contribution in [1.82, 2.24) is 14.8 Å². The Morgan fingerprint density at radius 1 is 1.48 bits per heavy atom. The molecule has 0 unspecified atom stereocenters. The maximum Gasteiger partial charge on any atom is 0.284 e. The number of hydrogen-bond acceptors (Lipinski definition) is 3. The summed E-state index contributed by atoms with van der Waals surface area (Å²) < 4.78 is 8.47. The summed E-state index contributed by atoms with van der Waals surface area (Å²) in [5.74, 6) is 0.914. The lowest BCUT2D eigenvalue weighted by Crippen LogP contribution is -2.38. The van der Waals surface area contributed by atoms with E-state index in [0.29, 0.717) is 18.8 Å². The largest absolute Gasteiger partial charge is 0.454 e. The van der Waals surface area contributed by atoms with Crippen LogP contribution in [-0.4, -0.2) is 34.9 Å². The number of hydrogen-bond donors (Lipinski definition) is 2. The van der Waals surface area contributed by atoms with Gasteiger partial charge in [0, 0.05) is 37.0 Å². The van der Waals surface area contributed by atoms with E-state index in [0.717, 1.165) is 22.7 Å². The lowest BCUT2D eigenvalue weighted by Gasteiger charge is -2.22. The molecule has 0 fully saturated rings. The Morgan fingerprint density at radius 3 is 2.72 bits per heavy atom. The molecule has 138 valence electrons. The maximum absolute atomic E-state index is 11.1. The highest BCUT2D eigenvalue weighted by molar-refractivity contribution is 14.0. The Morgan fingerprint density at radius 2 is 2.20 bits per heavy atom. The van der Waals surface area contributed by atoms with E-state index in [9.17, 15) is 4.79 Å². The molecule has 0 atom stereocenters. The molecule has 0 aliphatic heterocycles. The molecule has 0 bridgehead atoms. The van der Waals surface area contributed by atoms with Gasteiger partial charge in [0.25, 0.3) is 5.91 Å². The predicted molar refractivity (Wildman–Crippen MR) is 112 cm³/mol. The van der Waals surface area contributed by atoms with Gasteiger partial charge >= 0.3 is 0 Å². The van der Waals surface area contributed by atoms with Crippen LogP contribution in [-0.2, 0) is 20.1 Å². The highest BCUT2D eigenvalue weighted by Crippen LogP contribution is 2.15. The van der Waals surface area contributed by atoms with Crippen LogP contribution in [0.25, 0.3) is 0 Å². The summed E-state index contributed by atoms with van der Waals surface area (Å²) in [6.07, 6.45) is 2.02. The van der Waals surface area contributed by atoms with Gasteiger partial charge in [0.05, 0.1) is 6.54 Å². The van der Waals surface area contributed by atoms with Crippen molar-refractivity contribution in [2.24, 2.45) is 17.8 Å². The van der Waals surface area contributed by atoms with Crippen LogP contribution in [0.1, 0.15) is 28.9 Å². The number of nitrogens with two attached hydrogens (primary N) is 1. The number of nitrogens with one attached hydrogen (secondary N) is 1. The Hall–Kier alpha value is -1.49. The molecule has 0 aliphatic rings. The maximum atomic E-state index is 11.1. The zero-order chi connectivity index (χ0) is 17.7. The van der Waals surface area contributed by atoms with Crippen LogP contribution in [0.4, 0.5) is 0 Å². The van der Waals surface area contributed by atoms with Crippen molar-refractivity contribution in [2.75, 3.05) is 13.6 Å². The fourth-order valence-corrected chi connectivity index (χ4v) is 2.83. The molecule has 2 heterocycles. The number of carbonyl (C=O) groups is 1. The van der Waals surface area contributed by atoms with E-state index in [1.54, 1.807) is 12.1 Å². The number of nitrogens with zero attached hydrogens (tertiary/aromatic N) is 3. The molecule has 7 nitrogen and oxygen atoms in total. The molecule has 0 saturated heterocycles. The van der Waals surface area contributed by atoms with Gasteiger partial charge in [-0.25, -0.2) is 4.99 Å². The average Bonchev–Trinajstić information content (AvgIpc) is 3.10. The van der Waals surface area contributed by atoms with Crippen LogP contribution >= 0.6 is 39.9 Å². The molecule has 0 radical (unpaired) electrons. The first-order valence-electron chi connectivity index (χ1n) is 7.59. The number of guanidine groups is 1. The van der Waals surface area contributed by atoms with Gasteiger partial charge in [-0.2, -0.15) is 0 Å². The first-order valence-corrected chi connectivity index (χ1v) is 8.38. The molecular formula is C16H23BrIN5O2. The second kappa shape index (κ2) is 9.85. The van der Waals surface area contributed by atoms with Gasteiger partial charge < -0.3 is 24.9 Å². The Labute approximate surface area is 172 Å². The quantitative estimate of drug-likeness (QED) is 0.346. The predicted octanol–water partition coefficient (Wildman–Crippen LogP) is 2.70. The van der Waals surface area contributed by atoms with Crippen molar-refractivity contribution in [3.05, 3.63) is 46.1 Å². The number of primary amides is 1. The summed E-state index contributed by atoms with van der Waals surface area (Å²) in [7, 11) is 3.98. The zero-order valence-corrected chi connectivity index (χ0v) is 18.4. The van der Waals surface area contributed by atoms with Gasteiger partial charge in [-0.05, 0) is 41.1 Å². The van der Waals surface area contributed by atoms with Crippen LogP contribution < -0.4 is 11.1 Å². The monoisotopic (exact) mass is 523 g/mol. The van der Waals surface area contributed by atoms with Crippen molar-refractivity contribution < 1.29 is 9.21 Å². The number of aromatic nitrogens is 1. The Balaban J connectivity index is 0.00000312. The fourth-order valence-electron chi connectivity index (χ4n) is 2.26. The Kier molecular flexibility index (Phi) is 8.50. The molecule has 0 saturated carbocycles. The smallest absolute Gasteiger partial charge is 0.284 e. The first kappa shape index (κ1) is 21.6. The second-order valence-electron chi connectivity index (χ2n) is 5.42. The highest BCUT2D eigenvalue weighted by atomic mass is 127. The molecule has 3 N–H and O–H groups in total. The number of carbonyl (C=O) groups excluding carboxylic acids is 1. The third kappa shape index (κ3) is 6.07. The second-order valence-corrected chi connectivity index (χ2v) is 6.33. The zero-order valence-electron chi connectivity index (χ0n) is 14.5. The molecule has 2 aromatic rings. The van der Waals surface area contributed by atoms with Crippen molar-refractivity contribution in [1.29, 1.82) is 0 Å². The molecule has 2 rings (SSSR count). The molecular weight excluding hydrogens is 501 g/mol. The topological polar surface area (TPSA) is 88.8 Å². The number of halogens is 2. The minimum absolute atomic E-state index is 0. The molecule has 0 aromatic carbocycles. The normalized spacial score (nSPS) is 11.1. The first-order chi connectivity index (χ1) is 11.4. The number of amides is 1. The number of rotatable bonds is 6. The van der Waals surface area contributed by atoms with E-state index >= 15 is 0 Å². The van der Waals surface area contributed by atoms with Crippen LogP contribution in [0.2, 0.25) is 0 Å². The molecule has 25 heavy (non-hydrogen) atoms. The van der Waals surface area contributed by atoms with Crippen LogP contribution in [0, 0.1) is 0 Å². The van der Waals surface area contributed by atoms with Gasteiger partial charge in [0.15, 0.2) is 11.7 Å². The van der Waals surface area contributed by atoms with E-state index in [2.05, 4.69) is 36.9 Å². The SMILES string of the molecule is CCNC(=NCc1ccc(C(N)=O)o1)N(C)Cc1cc(Br)cn1C.I. The molecule has 1 amide bonds. The average molecular weight is 524 g/mol. The Bertz CT molecular complexity index is 741. The van der Waals surface area contributed by atoms with E-state index in [-0.39, 0.29) is 29.7 Å². The minimum atomic E-state index is -0.580. The summed E-state index contributed by atoms with van der Waals surface area (Å²) in [6, 6.07) is 5.35. The summed E-state index contributed by atoms with van der Waals surface area (Å²) >= 11 is 3.48. The van der Waals surface area contributed by atoms with Crippen LogP contribution in [0.5, 0.6) is 0 Å². The minimum Gasteiger partial charge on any atom is -0.454 e. The van der Waals surface area contributed by atoms with Gasteiger partial charge in [-0.1, -0.05) is 0 Å². The number of aliphatic imine (C=N–C) groups is 1. The van der Waals surface area contributed by atoms with E-state index in [1.165, 1.54) is 0 Å². The van der Waals surface area contributed by atoms with Gasteiger partial charge in [0.1, 0.15) is 12.3 Å². The molecule has 9 heteroatoms. The molecule has 2 aromatic heterocycles. The van der Waals surface area contributed by atoms with Crippen molar-refractivity contribution in [2.45, 2.75) is 20.0 Å². The van der Waals surface area contributed by atoms with Crippen molar-refractivity contribution in [3.8, 4) is 0 Å². The lowest BCUT2D eigenvalue weighted by atomic mass is 10.4. The number of furan rings is 1. The van der Waals surface area contributed by atoms with Crippen LogP contribution in [0.15, 0.2) is 38.3 Å². The lowest BCUT2D eigenvalue weighted by molar-refractivity contribution is 0.0972. The summed E-state index contributed by atoms with van der Waals surface area (Å²) in [5.41, 5.74) is 6.34. The van der Waals surface area contributed by atoms with Gasteiger partial charge in [-0.3, -0.25) is 4.79 Å². The summed E-state index contributed by atoms with van der Waals surface area (Å²) in [4.78, 5) is 17.7. The third-order valence-electron chi connectivity index (χ3n) is 3.46. The summed E-state index contributed by atoms with van der Waals surface area (Å²) in [6.45, 7) is 3.81. The molecule has 0 aliphatic carbocycles. The van der Waals surface area contributed by atoms with Crippen LogP contribution in [0.3, 0.4) is 0 Å². The summed E-state index contributed by atoms with van der Waals surface area (Å²) in [5, 5.41) is 3.25. The number of aryl methyl sites for hydroxylation is 1. The van der Waals surface area contributed by atoms with Crippen molar-refractivity contribution >= 4 is 51.8 Å². The van der Waals surface area contributed by atoms with E-state index < -0.39 is 5.91 Å². The highest BCUT2D eigenvalue weighted by Gasteiger charge is 2.11. The third-order valence-corrected chi connectivity index (χ3v) is 3.89. The van der Waals surface area contributed by atoms with Crippen molar-refractivity contribution in [3.63, 3.8) is 0 Å². The van der Waals surface area contributed by atoms with Gasteiger partial charge in [0.2, 0.25) is 0 Å². The van der Waals surface area contributed by atoms with E-state index in [1.807, 2.05) is 32.1 Å².